The van der Waals surface area contributed by atoms with Gasteiger partial charge in [0.15, 0.2) is 5.82 Å². The van der Waals surface area contributed by atoms with Crippen LogP contribution in [0.15, 0.2) is 6.20 Å². The lowest BCUT2D eigenvalue weighted by Crippen LogP contribution is -2.35. The minimum atomic E-state index is 0.213. The van der Waals surface area contributed by atoms with Gasteiger partial charge < -0.3 is 15.8 Å². The molecule has 0 amide bonds. The number of rotatable bonds is 5. The lowest BCUT2D eigenvalue weighted by Gasteiger charge is -2.24. The maximum atomic E-state index is 6.08. The molecule has 3 N–H and O–H groups in total. The predicted molar refractivity (Wildman–Crippen MR) is 72.0 cm³/mol. The van der Waals surface area contributed by atoms with Crippen molar-refractivity contribution in [1.29, 1.82) is 0 Å². The maximum absolute atomic E-state index is 6.08. The van der Waals surface area contributed by atoms with Gasteiger partial charge in [0.25, 0.3) is 0 Å². The summed E-state index contributed by atoms with van der Waals surface area (Å²) in [4.78, 5) is 8.17. The number of halogens is 1. The van der Waals surface area contributed by atoms with Gasteiger partial charge in [0, 0.05) is 12.6 Å². The summed E-state index contributed by atoms with van der Waals surface area (Å²) in [6, 6.07) is 0.522. The molecule has 1 aliphatic carbocycles. The van der Waals surface area contributed by atoms with Gasteiger partial charge >= 0.3 is 6.01 Å². The summed E-state index contributed by atoms with van der Waals surface area (Å²) in [5.41, 5.74) is 5.84. The molecular weight excluding hydrogens is 252 g/mol. The SMILES string of the molecule is COc1ncc(Cl)c(NC(CN)C2CCCC2)n1. The first-order chi connectivity index (χ1) is 8.74. The molecule has 1 atom stereocenters. The Morgan fingerprint density at radius 1 is 1.56 bits per heavy atom. The highest BCUT2D eigenvalue weighted by molar-refractivity contribution is 6.32. The zero-order valence-electron chi connectivity index (χ0n) is 10.5. The Balaban J connectivity index is 2.10. The van der Waals surface area contributed by atoms with Gasteiger partial charge in [0.05, 0.1) is 13.3 Å². The molecule has 100 valence electrons. The lowest BCUT2D eigenvalue weighted by molar-refractivity contribution is 0.379. The number of nitrogens with one attached hydrogen (secondary N) is 1. The van der Waals surface area contributed by atoms with Gasteiger partial charge in [-0.2, -0.15) is 4.98 Å². The van der Waals surface area contributed by atoms with E-state index in [1.54, 1.807) is 0 Å². The normalized spacial score (nSPS) is 17.7. The van der Waals surface area contributed by atoms with Crippen molar-refractivity contribution in [3.8, 4) is 6.01 Å². The number of aromatic nitrogens is 2. The first-order valence-corrected chi connectivity index (χ1v) is 6.65. The molecule has 5 nitrogen and oxygen atoms in total. The molecule has 1 saturated carbocycles. The highest BCUT2D eigenvalue weighted by Crippen LogP contribution is 2.30. The van der Waals surface area contributed by atoms with Gasteiger partial charge in [-0.15, -0.1) is 0 Å². The molecule has 1 aromatic heterocycles. The monoisotopic (exact) mass is 270 g/mol. The van der Waals surface area contributed by atoms with Crippen molar-refractivity contribution in [2.75, 3.05) is 19.0 Å². The van der Waals surface area contributed by atoms with Crippen molar-refractivity contribution in [3.63, 3.8) is 0 Å². The fourth-order valence-electron chi connectivity index (χ4n) is 2.46. The topological polar surface area (TPSA) is 73.1 Å². The van der Waals surface area contributed by atoms with E-state index in [-0.39, 0.29) is 6.04 Å². The van der Waals surface area contributed by atoms with Crippen molar-refractivity contribution in [1.82, 2.24) is 9.97 Å². The molecule has 0 spiro atoms. The van der Waals surface area contributed by atoms with Crippen LogP contribution in [0.25, 0.3) is 0 Å². The van der Waals surface area contributed by atoms with Crippen LogP contribution in [-0.2, 0) is 0 Å². The molecular formula is C12H19ClN4O. The van der Waals surface area contributed by atoms with E-state index in [1.807, 2.05) is 0 Å². The van der Waals surface area contributed by atoms with Crippen molar-refractivity contribution in [3.05, 3.63) is 11.2 Å². The van der Waals surface area contributed by atoms with Crippen LogP contribution < -0.4 is 15.8 Å². The van der Waals surface area contributed by atoms with E-state index in [0.717, 1.165) is 0 Å². The molecule has 0 aromatic carbocycles. The van der Waals surface area contributed by atoms with Gasteiger partial charge in [-0.05, 0) is 18.8 Å². The third-order valence-electron chi connectivity index (χ3n) is 3.45. The summed E-state index contributed by atoms with van der Waals surface area (Å²) < 4.78 is 5.00. The van der Waals surface area contributed by atoms with Crippen LogP contribution in [0, 0.1) is 5.92 Å². The van der Waals surface area contributed by atoms with Crippen molar-refractivity contribution in [2.45, 2.75) is 31.7 Å². The Hall–Kier alpha value is -1.07. The summed E-state index contributed by atoms with van der Waals surface area (Å²) in [7, 11) is 1.53. The fraction of sp³-hybridized carbons (Fsp3) is 0.667. The molecule has 1 heterocycles. The zero-order chi connectivity index (χ0) is 13.0. The van der Waals surface area contributed by atoms with Gasteiger partial charge in [-0.3, -0.25) is 0 Å². The molecule has 6 heteroatoms. The number of nitrogens with two attached hydrogens (primary N) is 1. The number of ether oxygens (including phenoxy) is 1. The van der Waals surface area contributed by atoms with E-state index in [4.69, 9.17) is 22.1 Å². The van der Waals surface area contributed by atoms with Crippen LogP contribution in [0.2, 0.25) is 5.02 Å². The number of methoxy groups -OCH3 is 1. The largest absolute Gasteiger partial charge is 0.467 e. The summed E-state index contributed by atoms with van der Waals surface area (Å²) in [6.45, 7) is 0.577. The second-order valence-electron chi connectivity index (χ2n) is 4.58. The van der Waals surface area contributed by atoms with Crippen molar-refractivity contribution in [2.24, 2.45) is 11.7 Å². The third kappa shape index (κ3) is 3.03. The number of hydrogen-bond donors (Lipinski definition) is 2. The number of anilines is 1. The maximum Gasteiger partial charge on any atom is 0.318 e. The molecule has 0 radical (unpaired) electrons. The molecule has 1 aliphatic rings. The Labute approximate surface area is 112 Å². The Bertz CT molecular complexity index is 396. The molecule has 0 aliphatic heterocycles. The van der Waals surface area contributed by atoms with E-state index in [9.17, 15) is 0 Å². The average Bonchev–Trinajstić information content (AvgIpc) is 2.91. The van der Waals surface area contributed by atoms with E-state index in [0.29, 0.717) is 29.3 Å². The standard InChI is InChI=1S/C12H19ClN4O/c1-18-12-15-7-9(13)11(17-12)16-10(6-14)8-4-2-3-5-8/h7-8,10H,2-6,14H2,1H3,(H,15,16,17). The third-order valence-corrected chi connectivity index (χ3v) is 3.73. The highest BCUT2D eigenvalue weighted by Gasteiger charge is 2.24. The van der Waals surface area contributed by atoms with E-state index < -0.39 is 0 Å². The molecule has 2 rings (SSSR count). The molecule has 0 bridgehead atoms. The number of nitrogens with zero attached hydrogens (tertiary/aromatic N) is 2. The Morgan fingerprint density at radius 3 is 2.89 bits per heavy atom. The molecule has 1 aromatic rings. The van der Waals surface area contributed by atoms with E-state index in [1.165, 1.54) is 39.0 Å². The summed E-state index contributed by atoms with van der Waals surface area (Å²) in [6.07, 6.45) is 6.54. The van der Waals surface area contributed by atoms with Crippen molar-refractivity contribution < 1.29 is 4.74 Å². The summed E-state index contributed by atoms with van der Waals surface area (Å²) >= 11 is 6.08. The van der Waals surface area contributed by atoms with E-state index >= 15 is 0 Å². The minimum Gasteiger partial charge on any atom is -0.467 e. The van der Waals surface area contributed by atoms with Crippen LogP contribution in [0.1, 0.15) is 25.7 Å². The molecule has 18 heavy (non-hydrogen) atoms. The Kier molecular flexibility index (Phi) is 4.60. The first-order valence-electron chi connectivity index (χ1n) is 6.27. The molecule has 1 fully saturated rings. The highest BCUT2D eigenvalue weighted by atomic mass is 35.5. The molecule has 1 unspecified atom stereocenters. The van der Waals surface area contributed by atoms with Gasteiger partial charge in [-0.1, -0.05) is 24.4 Å². The van der Waals surface area contributed by atoms with Crippen molar-refractivity contribution >= 4 is 17.4 Å². The Morgan fingerprint density at radius 2 is 2.28 bits per heavy atom. The van der Waals surface area contributed by atoms with Crippen LogP contribution in [-0.4, -0.2) is 29.7 Å². The van der Waals surface area contributed by atoms with E-state index in [2.05, 4.69) is 15.3 Å². The first kappa shape index (κ1) is 13.4. The lowest BCUT2D eigenvalue weighted by atomic mass is 9.98. The van der Waals surface area contributed by atoms with Gasteiger partial charge in [0.1, 0.15) is 5.02 Å². The quantitative estimate of drug-likeness (QED) is 0.857. The fourth-order valence-corrected chi connectivity index (χ4v) is 2.60. The smallest absolute Gasteiger partial charge is 0.318 e. The van der Waals surface area contributed by atoms with Gasteiger partial charge in [0.2, 0.25) is 0 Å². The summed E-state index contributed by atoms with van der Waals surface area (Å²) in [5.74, 6) is 1.21. The minimum absolute atomic E-state index is 0.213. The van der Waals surface area contributed by atoms with Crippen LogP contribution in [0.3, 0.4) is 0 Å². The predicted octanol–water partition coefficient (Wildman–Crippen LogP) is 2.07. The zero-order valence-corrected chi connectivity index (χ0v) is 11.3. The van der Waals surface area contributed by atoms with Crippen LogP contribution in [0.4, 0.5) is 5.82 Å². The second-order valence-corrected chi connectivity index (χ2v) is 4.99. The van der Waals surface area contributed by atoms with Crippen LogP contribution >= 0.6 is 11.6 Å². The molecule has 0 saturated heterocycles. The summed E-state index contributed by atoms with van der Waals surface area (Å²) in [5, 5.41) is 3.82. The average molecular weight is 271 g/mol. The van der Waals surface area contributed by atoms with Crippen LogP contribution in [0.5, 0.6) is 6.01 Å². The second kappa shape index (κ2) is 6.20. The van der Waals surface area contributed by atoms with Gasteiger partial charge in [-0.25, -0.2) is 4.98 Å². The number of hydrogen-bond acceptors (Lipinski definition) is 5.